The van der Waals surface area contributed by atoms with E-state index in [1.165, 1.54) is 0 Å². The lowest BCUT2D eigenvalue weighted by Crippen LogP contribution is -1.95. The van der Waals surface area contributed by atoms with Crippen LogP contribution in [-0.2, 0) is 0 Å². The smallest absolute Gasteiger partial charge is 0.158 e. The van der Waals surface area contributed by atoms with Crippen LogP contribution in [0.2, 0.25) is 5.15 Å². The summed E-state index contributed by atoms with van der Waals surface area (Å²) in [6.07, 6.45) is 1.59. The predicted octanol–water partition coefficient (Wildman–Crippen LogP) is 3.01. The zero-order valence-corrected chi connectivity index (χ0v) is 8.67. The van der Waals surface area contributed by atoms with Gasteiger partial charge in [-0.2, -0.15) is 0 Å². The number of nitrogens with zero attached hydrogens (tertiary/aromatic N) is 2. The maximum Gasteiger partial charge on any atom is 0.158 e. The molecule has 0 spiro atoms. The van der Waals surface area contributed by atoms with Crippen LogP contribution in [0.4, 0.5) is 0 Å². The Morgan fingerprint density at radius 2 is 1.93 bits per heavy atom. The van der Waals surface area contributed by atoms with Gasteiger partial charge in [0, 0.05) is 0 Å². The van der Waals surface area contributed by atoms with Gasteiger partial charge in [0.25, 0.3) is 0 Å². The van der Waals surface area contributed by atoms with E-state index in [1.807, 2.05) is 19.9 Å². The Balaban J connectivity index is 2.60. The van der Waals surface area contributed by atoms with E-state index < -0.39 is 0 Å². The minimum Gasteiger partial charge on any atom is -0.463 e. The largest absolute Gasteiger partial charge is 0.463 e. The second-order valence-corrected chi connectivity index (χ2v) is 3.37. The third-order valence-corrected chi connectivity index (χ3v) is 2.28. The van der Waals surface area contributed by atoms with Crippen molar-refractivity contribution in [3.05, 3.63) is 34.9 Å². The number of rotatable bonds is 1. The maximum absolute atomic E-state index is 5.96. The zero-order valence-electron chi connectivity index (χ0n) is 7.91. The molecule has 0 aromatic carbocycles. The molecule has 0 aliphatic carbocycles. The van der Waals surface area contributed by atoms with Gasteiger partial charge in [0.1, 0.15) is 5.69 Å². The van der Waals surface area contributed by atoms with Gasteiger partial charge in [-0.25, -0.2) is 9.97 Å². The highest BCUT2D eigenvalue weighted by Gasteiger charge is 2.11. The summed E-state index contributed by atoms with van der Waals surface area (Å²) < 4.78 is 5.21. The van der Waals surface area contributed by atoms with Crippen molar-refractivity contribution in [2.45, 2.75) is 13.8 Å². The monoisotopic (exact) mass is 208 g/mol. The summed E-state index contributed by atoms with van der Waals surface area (Å²) in [6, 6.07) is 3.60. The highest BCUT2D eigenvalue weighted by Crippen LogP contribution is 2.25. The third-order valence-electron chi connectivity index (χ3n) is 2.02. The van der Waals surface area contributed by atoms with E-state index in [-0.39, 0.29) is 0 Å². The summed E-state index contributed by atoms with van der Waals surface area (Å²) in [4.78, 5) is 8.50. The van der Waals surface area contributed by atoms with Crippen molar-refractivity contribution in [3.63, 3.8) is 0 Å². The first-order valence-corrected chi connectivity index (χ1v) is 4.61. The van der Waals surface area contributed by atoms with Crippen LogP contribution >= 0.6 is 11.6 Å². The normalized spacial score (nSPS) is 10.5. The van der Waals surface area contributed by atoms with Gasteiger partial charge in [-0.05, 0) is 26.0 Å². The van der Waals surface area contributed by atoms with Crippen molar-refractivity contribution in [2.75, 3.05) is 0 Å². The van der Waals surface area contributed by atoms with E-state index in [0.29, 0.717) is 16.6 Å². The van der Waals surface area contributed by atoms with Gasteiger partial charge >= 0.3 is 0 Å². The van der Waals surface area contributed by atoms with Crippen LogP contribution < -0.4 is 0 Å². The molecule has 4 heteroatoms. The first-order valence-electron chi connectivity index (χ1n) is 4.23. The van der Waals surface area contributed by atoms with Crippen molar-refractivity contribution >= 4 is 11.6 Å². The van der Waals surface area contributed by atoms with Gasteiger partial charge in [-0.3, -0.25) is 0 Å². The average Bonchev–Trinajstić information content (AvgIpc) is 2.64. The van der Waals surface area contributed by atoms with Crippen LogP contribution in [-0.4, -0.2) is 9.97 Å². The lowest BCUT2D eigenvalue weighted by Gasteiger charge is -2.03. The van der Waals surface area contributed by atoms with E-state index in [9.17, 15) is 0 Å². The molecular weight excluding hydrogens is 200 g/mol. The lowest BCUT2D eigenvalue weighted by atomic mass is 10.3. The number of aryl methyl sites for hydroxylation is 2. The summed E-state index contributed by atoms with van der Waals surface area (Å²) in [5, 5.41) is 0.378. The molecule has 0 amide bonds. The summed E-state index contributed by atoms with van der Waals surface area (Å²) in [5.74, 6) is 0.644. The predicted molar refractivity (Wildman–Crippen MR) is 54.2 cm³/mol. The van der Waals surface area contributed by atoms with Crippen molar-refractivity contribution in [1.29, 1.82) is 0 Å². The van der Waals surface area contributed by atoms with Crippen LogP contribution in [0.3, 0.4) is 0 Å². The molecule has 2 heterocycles. The molecule has 0 bridgehead atoms. The lowest BCUT2D eigenvalue weighted by molar-refractivity contribution is 0.579. The minimum atomic E-state index is 0.378. The van der Waals surface area contributed by atoms with E-state index in [4.69, 9.17) is 16.0 Å². The molecule has 0 aliphatic heterocycles. The Hall–Kier alpha value is -1.35. The fourth-order valence-corrected chi connectivity index (χ4v) is 1.41. The molecule has 0 radical (unpaired) electrons. The molecule has 0 atom stereocenters. The highest BCUT2D eigenvalue weighted by molar-refractivity contribution is 6.31. The quantitative estimate of drug-likeness (QED) is 0.723. The maximum atomic E-state index is 5.96. The van der Waals surface area contributed by atoms with E-state index >= 15 is 0 Å². The second-order valence-electron chi connectivity index (χ2n) is 3.01. The number of hydrogen-bond donors (Lipinski definition) is 0. The number of halogens is 1. The Morgan fingerprint density at radius 3 is 2.57 bits per heavy atom. The molecule has 3 nitrogen and oxygen atoms in total. The highest BCUT2D eigenvalue weighted by atomic mass is 35.5. The molecule has 0 unspecified atom stereocenters. The van der Waals surface area contributed by atoms with Crippen molar-refractivity contribution in [1.82, 2.24) is 9.97 Å². The molecule has 0 aliphatic rings. The van der Waals surface area contributed by atoms with Crippen molar-refractivity contribution in [3.8, 4) is 11.5 Å². The zero-order chi connectivity index (χ0) is 10.1. The van der Waals surface area contributed by atoms with Crippen LogP contribution in [0.15, 0.2) is 22.8 Å². The molecule has 0 saturated heterocycles. The SMILES string of the molecule is Cc1nc(Cl)c(-c2ccco2)nc1C. The van der Waals surface area contributed by atoms with Crippen LogP contribution in [0.5, 0.6) is 0 Å². The Bertz CT molecular complexity index is 451. The summed E-state index contributed by atoms with van der Waals surface area (Å²) >= 11 is 5.96. The van der Waals surface area contributed by atoms with Gasteiger partial charge < -0.3 is 4.42 Å². The molecule has 72 valence electrons. The number of aromatic nitrogens is 2. The van der Waals surface area contributed by atoms with Crippen LogP contribution in [0.1, 0.15) is 11.4 Å². The topological polar surface area (TPSA) is 38.9 Å². The van der Waals surface area contributed by atoms with E-state index in [2.05, 4.69) is 9.97 Å². The number of furan rings is 1. The molecular formula is C10H9ClN2O. The fourth-order valence-electron chi connectivity index (χ4n) is 1.15. The van der Waals surface area contributed by atoms with Crippen LogP contribution in [0.25, 0.3) is 11.5 Å². The molecule has 14 heavy (non-hydrogen) atoms. The Kier molecular flexibility index (Phi) is 2.25. The molecule has 2 rings (SSSR count). The molecule has 2 aromatic rings. The van der Waals surface area contributed by atoms with Gasteiger partial charge in [-0.1, -0.05) is 11.6 Å². The molecule has 0 N–H and O–H groups in total. The molecule has 0 saturated carbocycles. The average molecular weight is 209 g/mol. The Morgan fingerprint density at radius 1 is 1.21 bits per heavy atom. The molecule has 0 fully saturated rings. The second kappa shape index (κ2) is 3.42. The standard InChI is InChI=1S/C10H9ClN2O/c1-6-7(2)13-10(11)9(12-6)8-4-3-5-14-8/h3-5H,1-2H3. The number of hydrogen-bond acceptors (Lipinski definition) is 3. The summed E-state index contributed by atoms with van der Waals surface area (Å²) in [7, 11) is 0. The van der Waals surface area contributed by atoms with Crippen molar-refractivity contribution < 1.29 is 4.42 Å². The fraction of sp³-hybridized carbons (Fsp3) is 0.200. The van der Waals surface area contributed by atoms with Crippen molar-refractivity contribution in [2.24, 2.45) is 0 Å². The first-order chi connectivity index (χ1) is 6.68. The first kappa shape index (κ1) is 9.21. The van der Waals surface area contributed by atoms with Gasteiger partial charge in [0.05, 0.1) is 17.7 Å². The van der Waals surface area contributed by atoms with E-state index in [0.717, 1.165) is 11.4 Å². The van der Waals surface area contributed by atoms with Gasteiger partial charge in [0.15, 0.2) is 10.9 Å². The summed E-state index contributed by atoms with van der Waals surface area (Å²) in [5.41, 5.74) is 2.30. The van der Waals surface area contributed by atoms with E-state index in [1.54, 1.807) is 12.3 Å². The van der Waals surface area contributed by atoms with Crippen LogP contribution in [0, 0.1) is 13.8 Å². The van der Waals surface area contributed by atoms with Gasteiger partial charge in [0.2, 0.25) is 0 Å². The minimum absolute atomic E-state index is 0.378. The third kappa shape index (κ3) is 1.51. The summed E-state index contributed by atoms with van der Waals surface area (Å²) in [6.45, 7) is 3.77. The van der Waals surface area contributed by atoms with Gasteiger partial charge in [-0.15, -0.1) is 0 Å². The Labute approximate surface area is 86.8 Å². The molecule has 2 aromatic heterocycles.